The molecule has 0 fully saturated rings. The van der Waals surface area contributed by atoms with Gasteiger partial charge in [0.25, 0.3) is 0 Å². The summed E-state index contributed by atoms with van der Waals surface area (Å²) in [5.41, 5.74) is 7.82. The molecule has 1 heterocycles. The van der Waals surface area contributed by atoms with Crippen LogP contribution in [0.25, 0.3) is 10.9 Å². The highest BCUT2D eigenvalue weighted by molar-refractivity contribution is 5.85. The average Bonchev–Trinajstić information content (AvgIpc) is 2.73. The van der Waals surface area contributed by atoms with Crippen molar-refractivity contribution in [3.63, 3.8) is 0 Å². The van der Waals surface area contributed by atoms with Gasteiger partial charge in [0.05, 0.1) is 0 Å². The molecule has 0 aliphatic rings. The van der Waals surface area contributed by atoms with Crippen LogP contribution in [-0.4, -0.2) is 22.1 Å². The van der Waals surface area contributed by atoms with Crippen LogP contribution in [0.2, 0.25) is 0 Å². The van der Waals surface area contributed by atoms with Gasteiger partial charge >= 0.3 is 5.97 Å². The summed E-state index contributed by atoms with van der Waals surface area (Å²) in [7, 11) is 0. The first kappa shape index (κ1) is 12.6. The number of H-pyrrole nitrogens is 1. The second-order valence-electron chi connectivity index (χ2n) is 4.92. The van der Waals surface area contributed by atoms with E-state index >= 15 is 0 Å². The average molecular weight is 246 g/mol. The lowest BCUT2D eigenvalue weighted by molar-refractivity contribution is -0.139. The Morgan fingerprint density at radius 2 is 2.00 bits per heavy atom. The van der Waals surface area contributed by atoms with E-state index in [4.69, 9.17) is 10.8 Å². The fourth-order valence-electron chi connectivity index (χ4n) is 2.49. The fraction of sp³-hybridized carbons (Fsp3) is 0.357. The summed E-state index contributed by atoms with van der Waals surface area (Å²) in [6.45, 7) is 3.99. The number of aromatic amines is 1. The van der Waals surface area contributed by atoms with Crippen LogP contribution in [0.4, 0.5) is 0 Å². The summed E-state index contributed by atoms with van der Waals surface area (Å²) in [6, 6.07) is 6.98. The molecule has 18 heavy (non-hydrogen) atoms. The van der Waals surface area contributed by atoms with E-state index < -0.39 is 12.0 Å². The maximum atomic E-state index is 11.1. The fourth-order valence-corrected chi connectivity index (χ4v) is 2.49. The Bertz CT molecular complexity index is 560. The molecule has 0 bridgehead atoms. The van der Waals surface area contributed by atoms with Crippen molar-refractivity contribution in [1.29, 1.82) is 0 Å². The Morgan fingerprint density at radius 1 is 1.33 bits per heavy atom. The Balaban J connectivity index is 2.52. The van der Waals surface area contributed by atoms with Gasteiger partial charge in [0.1, 0.15) is 6.04 Å². The molecule has 0 saturated heterocycles. The number of benzene rings is 1. The molecule has 0 aliphatic carbocycles. The zero-order valence-electron chi connectivity index (χ0n) is 10.6. The number of fused-ring (bicyclic) bond motifs is 1. The van der Waals surface area contributed by atoms with Gasteiger partial charge in [-0.2, -0.15) is 0 Å². The number of nitrogens with one attached hydrogen (secondary N) is 1. The molecule has 0 amide bonds. The van der Waals surface area contributed by atoms with E-state index in [9.17, 15) is 4.79 Å². The lowest BCUT2D eigenvalue weighted by Gasteiger charge is -2.24. The summed E-state index contributed by atoms with van der Waals surface area (Å²) in [6.07, 6.45) is 1.87. The van der Waals surface area contributed by atoms with Crippen LogP contribution in [-0.2, 0) is 4.79 Å². The van der Waals surface area contributed by atoms with E-state index in [2.05, 4.69) is 4.98 Å². The van der Waals surface area contributed by atoms with E-state index in [1.165, 1.54) is 0 Å². The lowest BCUT2D eigenvalue weighted by Crippen LogP contribution is -2.38. The molecule has 2 rings (SSSR count). The number of carbonyl (C=O) groups is 1. The molecule has 4 N–H and O–H groups in total. The lowest BCUT2D eigenvalue weighted by atomic mass is 9.82. The largest absolute Gasteiger partial charge is 0.480 e. The van der Waals surface area contributed by atoms with Crippen molar-refractivity contribution >= 4 is 16.9 Å². The SMILES string of the molecule is CC(C)[C@H](c1c[nH]c2ccccc12)[C@@H](N)C(=O)O. The molecule has 2 atom stereocenters. The van der Waals surface area contributed by atoms with Crippen LogP contribution < -0.4 is 5.73 Å². The van der Waals surface area contributed by atoms with Gasteiger partial charge in [0.2, 0.25) is 0 Å². The third-order valence-electron chi connectivity index (χ3n) is 3.37. The molecular weight excluding hydrogens is 228 g/mol. The van der Waals surface area contributed by atoms with Crippen LogP contribution in [0.1, 0.15) is 25.3 Å². The monoisotopic (exact) mass is 246 g/mol. The maximum absolute atomic E-state index is 11.1. The minimum absolute atomic E-state index is 0.162. The van der Waals surface area contributed by atoms with Gasteiger partial charge in [-0.1, -0.05) is 32.0 Å². The molecule has 0 spiro atoms. The van der Waals surface area contributed by atoms with Gasteiger partial charge in [-0.25, -0.2) is 0 Å². The van der Waals surface area contributed by atoms with Gasteiger partial charge < -0.3 is 15.8 Å². The number of hydrogen-bond donors (Lipinski definition) is 3. The molecule has 0 radical (unpaired) electrons. The number of carboxylic acids is 1. The van der Waals surface area contributed by atoms with Gasteiger partial charge in [-0.05, 0) is 17.5 Å². The highest BCUT2D eigenvalue weighted by Crippen LogP contribution is 2.32. The number of nitrogens with two attached hydrogens (primary N) is 1. The van der Waals surface area contributed by atoms with Crippen LogP contribution in [0, 0.1) is 5.92 Å². The van der Waals surface area contributed by atoms with Crippen molar-refractivity contribution < 1.29 is 9.90 Å². The van der Waals surface area contributed by atoms with Gasteiger partial charge in [0.15, 0.2) is 0 Å². The van der Waals surface area contributed by atoms with Gasteiger partial charge in [-0.3, -0.25) is 4.79 Å². The summed E-state index contributed by atoms with van der Waals surface area (Å²) in [5, 5.41) is 10.2. The maximum Gasteiger partial charge on any atom is 0.321 e. The van der Waals surface area contributed by atoms with Gasteiger partial charge in [-0.15, -0.1) is 0 Å². The predicted molar refractivity (Wildman–Crippen MR) is 71.5 cm³/mol. The van der Waals surface area contributed by atoms with Crippen LogP contribution >= 0.6 is 0 Å². The predicted octanol–water partition coefficient (Wildman–Crippen LogP) is 2.32. The second kappa shape index (κ2) is 4.82. The zero-order valence-corrected chi connectivity index (χ0v) is 10.6. The number of aromatic nitrogens is 1. The quantitative estimate of drug-likeness (QED) is 0.774. The van der Waals surface area contributed by atoms with Crippen molar-refractivity contribution in [2.24, 2.45) is 11.7 Å². The molecule has 1 aromatic carbocycles. The Labute approximate surface area is 106 Å². The van der Waals surface area contributed by atoms with Crippen molar-refractivity contribution in [3.8, 4) is 0 Å². The van der Waals surface area contributed by atoms with E-state index in [0.717, 1.165) is 16.5 Å². The number of rotatable bonds is 4. The Hall–Kier alpha value is -1.81. The number of hydrogen-bond acceptors (Lipinski definition) is 2. The second-order valence-corrected chi connectivity index (χ2v) is 4.92. The number of carboxylic acid groups (broad SMARTS) is 1. The molecule has 0 saturated carbocycles. The molecular formula is C14H18N2O2. The third-order valence-corrected chi connectivity index (χ3v) is 3.37. The summed E-state index contributed by atoms with van der Waals surface area (Å²) < 4.78 is 0. The highest BCUT2D eigenvalue weighted by atomic mass is 16.4. The molecule has 96 valence electrons. The first-order chi connectivity index (χ1) is 8.52. The summed E-state index contributed by atoms with van der Waals surface area (Å²) >= 11 is 0. The zero-order chi connectivity index (χ0) is 13.3. The van der Waals surface area contributed by atoms with Crippen molar-refractivity contribution in [2.75, 3.05) is 0 Å². The Morgan fingerprint density at radius 3 is 2.61 bits per heavy atom. The van der Waals surface area contributed by atoms with E-state index in [1.807, 2.05) is 44.3 Å². The number of aliphatic carboxylic acids is 1. The summed E-state index contributed by atoms with van der Waals surface area (Å²) in [5.74, 6) is -0.993. The van der Waals surface area contributed by atoms with E-state index in [-0.39, 0.29) is 11.8 Å². The Kier molecular flexibility index (Phi) is 3.39. The standard InChI is InChI=1S/C14H18N2O2/c1-8(2)12(13(15)14(17)18)10-7-16-11-6-4-3-5-9(10)11/h3-8,12-13,16H,15H2,1-2H3,(H,17,18)/t12-,13-/m1/s1. The van der Waals surface area contributed by atoms with Crippen LogP contribution in [0.3, 0.4) is 0 Å². The third kappa shape index (κ3) is 2.11. The molecule has 1 aromatic heterocycles. The van der Waals surface area contributed by atoms with Crippen molar-refractivity contribution in [2.45, 2.75) is 25.8 Å². The van der Waals surface area contributed by atoms with Crippen LogP contribution in [0.15, 0.2) is 30.5 Å². The smallest absolute Gasteiger partial charge is 0.321 e. The molecule has 0 unspecified atom stereocenters. The first-order valence-electron chi connectivity index (χ1n) is 6.06. The minimum Gasteiger partial charge on any atom is -0.480 e. The number of para-hydroxylation sites is 1. The van der Waals surface area contributed by atoms with Crippen LogP contribution in [0.5, 0.6) is 0 Å². The molecule has 4 heteroatoms. The summed E-state index contributed by atoms with van der Waals surface area (Å²) in [4.78, 5) is 14.3. The molecule has 0 aliphatic heterocycles. The van der Waals surface area contributed by atoms with E-state index in [1.54, 1.807) is 0 Å². The molecule has 4 nitrogen and oxygen atoms in total. The highest BCUT2D eigenvalue weighted by Gasteiger charge is 2.30. The van der Waals surface area contributed by atoms with Crippen molar-refractivity contribution in [3.05, 3.63) is 36.0 Å². The first-order valence-corrected chi connectivity index (χ1v) is 6.06. The molecule has 2 aromatic rings. The van der Waals surface area contributed by atoms with E-state index in [0.29, 0.717) is 0 Å². The van der Waals surface area contributed by atoms with Crippen molar-refractivity contribution in [1.82, 2.24) is 4.98 Å². The minimum atomic E-state index is -0.959. The van der Waals surface area contributed by atoms with Gasteiger partial charge in [0, 0.05) is 23.0 Å². The topological polar surface area (TPSA) is 79.1 Å². The normalized spacial score (nSPS) is 14.9.